The summed E-state index contributed by atoms with van der Waals surface area (Å²) >= 11 is 2.25. The minimum Gasteiger partial charge on any atom is -0.465 e. The number of halogens is 1. The fourth-order valence-electron chi connectivity index (χ4n) is 1.61. The van der Waals surface area contributed by atoms with E-state index in [9.17, 15) is 4.79 Å². The third-order valence-corrected chi connectivity index (χ3v) is 3.41. The van der Waals surface area contributed by atoms with Gasteiger partial charge in [-0.1, -0.05) is 40.8 Å². The van der Waals surface area contributed by atoms with Crippen molar-refractivity contribution in [3.8, 4) is 0 Å². The summed E-state index contributed by atoms with van der Waals surface area (Å²) in [6.07, 6.45) is -0.212. The highest BCUT2D eigenvalue weighted by Crippen LogP contribution is 2.34. The van der Waals surface area contributed by atoms with Gasteiger partial charge in [0.15, 0.2) is 0 Å². The number of benzene rings is 1. The van der Waals surface area contributed by atoms with Crippen LogP contribution in [0.2, 0.25) is 0 Å². The Balaban J connectivity index is 2.36. The minimum absolute atomic E-state index is 0.198. The zero-order valence-electron chi connectivity index (χ0n) is 8.68. The number of rotatable bonds is 2. The summed E-state index contributed by atoms with van der Waals surface area (Å²) in [5.74, 6) is -0.352. The fourth-order valence-corrected chi connectivity index (χ4v) is 2.27. The Labute approximate surface area is 107 Å². The van der Waals surface area contributed by atoms with Crippen LogP contribution in [0, 0.1) is 0 Å². The van der Waals surface area contributed by atoms with Crippen molar-refractivity contribution in [1.82, 2.24) is 0 Å². The van der Waals surface area contributed by atoms with E-state index in [0.29, 0.717) is 12.2 Å². The van der Waals surface area contributed by atoms with Crippen molar-refractivity contribution in [2.24, 2.45) is 0 Å². The van der Waals surface area contributed by atoms with E-state index < -0.39 is 0 Å². The Morgan fingerprint density at radius 2 is 2.25 bits per heavy atom. The topological polar surface area (TPSA) is 44.8 Å². The lowest BCUT2D eigenvalue weighted by atomic mass is 10.0. The summed E-state index contributed by atoms with van der Waals surface area (Å²) in [5.41, 5.74) is 1.34. The molecule has 1 aromatic carbocycles. The van der Waals surface area contributed by atoms with E-state index in [1.807, 2.05) is 12.1 Å². The van der Waals surface area contributed by atoms with Crippen molar-refractivity contribution in [3.05, 3.63) is 35.4 Å². The lowest BCUT2D eigenvalue weighted by Gasteiger charge is -2.14. The molecular formula is C11H11IO4. The van der Waals surface area contributed by atoms with Crippen LogP contribution in [0.3, 0.4) is 0 Å². The van der Waals surface area contributed by atoms with Gasteiger partial charge in [-0.2, -0.15) is 0 Å². The molecule has 1 aliphatic rings. The molecule has 86 valence electrons. The van der Waals surface area contributed by atoms with Gasteiger partial charge in [0.05, 0.1) is 23.2 Å². The molecule has 1 saturated heterocycles. The van der Waals surface area contributed by atoms with Crippen molar-refractivity contribution in [1.29, 1.82) is 0 Å². The fraction of sp³-hybridized carbons (Fsp3) is 0.364. The lowest BCUT2D eigenvalue weighted by molar-refractivity contribution is -0.276. The second-order valence-corrected chi connectivity index (χ2v) is 5.00. The highest BCUT2D eigenvalue weighted by molar-refractivity contribution is 14.1. The largest absolute Gasteiger partial charge is 0.465 e. The Hall–Kier alpha value is -0.660. The maximum atomic E-state index is 11.6. The Morgan fingerprint density at radius 3 is 2.88 bits per heavy atom. The van der Waals surface area contributed by atoms with Gasteiger partial charge in [-0.25, -0.2) is 14.6 Å². The number of methoxy groups -OCH3 is 1. The first kappa shape index (κ1) is 11.8. The zero-order valence-corrected chi connectivity index (χ0v) is 10.8. The molecule has 0 aromatic heterocycles. The SMILES string of the molecule is COC(=O)c1ccccc1C1OOCC1I. The monoisotopic (exact) mass is 334 g/mol. The van der Waals surface area contributed by atoms with E-state index in [-0.39, 0.29) is 16.0 Å². The molecule has 2 atom stereocenters. The van der Waals surface area contributed by atoms with Crippen LogP contribution < -0.4 is 0 Å². The van der Waals surface area contributed by atoms with E-state index in [1.165, 1.54) is 7.11 Å². The van der Waals surface area contributed by atoms with Crippen LogP contribution in [0.1, 0.15) is 22.0 Å². The summed E-state index contributed by atoms with van der Waals surface area (Å²) in [6.45, 7) is 0.529. The quantitative estimate of drug-likeness (QED) is 0.360. The molecule has 0 amide bonds. The van der Waals surface area contributed by atoms with Crippen molar-refractivity contribution < 1.29 is 19.3 Å². The molecule has 4 nitrogen and oxygen atoms in total. The van der Waals surface area contributed by atoms with E-state index in [0.717, 1.165) is 5.56 Å². The summed E-state index contributed by atoms with van der Waals surface area (Å²) < 4.78 is 4.93. The van der Waals surface area contributed by atoms with E-state index in [2.05, 4.69) is 22.6 Å². The Bertz CT molecular complexity index is 393. The van der Waals surface area contributed by atoms with E-state index in [4.69, 9.17) is 14.5 Å². The van der Waals surface area contributed by atoms with Gasteiger partial charge in [-0.15, -0.1) is 0 Å². The van der Waals surface area contributed by atoms with Gasteiger partial charge in [0.2, 0.25) is 0 Å². The first-order valence-corrected chi connectivity index (χ1v) is 6.08. The number of ether oxygens (including phenoxy) is 1. The summed E-state index contributed by atoms with van der Waals surface area (Å²) in [4.78, 5) is 21.7. The molecule has 0 aliphatic carbocycles. The molecule has 0 radical (unpaired) electrons. The molecule has 2 rings (SSSR count). The highest BCUT2D eigenvalue weighted by atomic mass is 127. The van der Waals surface area contributed by atoms with Crippen LogP contribution in [-0.2, 0) is 14.5 Å². The summed E-state index contributed by atoms with van der Waals surface area (Å²) in [5, 5.41) is 0. The molecule has 1 heterocycles. The number of hydrogen-bond donors (Lipinski definition) is 0. The Kier molecular flexibility index (Phi) is 3.78. The third-order valence-electron chi connectivity index (χ3n) is 2.40. The minimum atomic E-state index is -0.352. The van der Waals surface area contributed by atoms with E-state index in [1.54, 1.807) is 12.1 Å². The van der Waals surface area contributed by atoms with Crippen molar-refractivity contribution in [3.63, 3.8) is 0 Å². The van der Waals surface area contributed by atoms with Crippen LogP contribution in [-0.4, -0.2) is 23.6 Å². The van der Waals surface area contributed by atoms with Crippen LogP contribution in [0.15, 0.2) is 24.3 Å². The molecule has 16 heavy (non-hydrogen) atoms. The van der Waals surface area contributed by atoms with Crippen LogP contribution in [0.4, 0.5) is 0 Å². The second kappa shape index (κ2) is 5.11. The van der Waals surface area contributed by atoms with Gasteiger partial charge in [-0.05, 0) is 11.6 Å². The zero-order chi connectivity index (χ0) is 11.5. The second-order valence-electron chi connectivity index (χ2n) is 3.40. The smallest absolute Gasteiger partial charge is 0.338 e. The Morgan fingerprint density at radius 1 is 1.50 bits per heavy atom. The standard InChI is InChI=1S/C11H11IO4/c1-14-11(13)8-5-3-2-4-7(8)10-9(12)6-15-16-10/h2-5,9-10H,6H2,1H3. The van der Waals surface area contributed by atoms with Crippen LogP contribution in [0.5, 0.6) is 0 Å². The molecule has 2 unspecified atom stereocenters. The lowest BCUT2D eigenvalue weighted by Crippen LogP contribution is -2.14. The molecule has 1 aromatic rings. The number of esters is 1. The number of hydrogen-bond acceptors (Lipinski definition) is 4. The average Bonchev–Trinajstić information content (AvgIpc) is 2.74. The van der Waals surface area contributed by atoms with Gasteiger partial charge >= 0.3 is 5.97 Å². The maximum absolute atomic E-state index is 11.6. The molecule has 0 bridgehead atoms. The van der Waals surface area contributed by atoms with Crippen molar-refractivity contribution >= 4 is 28.6 Å². The molecule has 1 aliphatic heterocycles. The summed E-state index contributed by atoms with van der Waals surface area (Å²) in [7, 11) is 1.37. The number of carbonyl (C=O) groups is 1. The van der Waals surface area contributed by atoms with Crippen LogP contribution in [0.25, 0.3) is 0 Å². The molecule has 5 heteroatoms. The van der Waals surface area contributed by atoms with Gasteiger partial charge < -0.3 is 4.74 Å². The molecule has 0 saturated carbocycles. The van der Waals surface area contributed by atoms with Gasteiger partial charge in [-0.3, -0.25) is 0 Å². The predicted molar refractivity (Wildman–Crippen MR) is 65.4 cm³/mol. The first-order chi connectivity index (χ1) is 7.74. The van der Waals surface area contributed by atoms with Crippen molar-refractivity contribution in [2.75, 3.05) is 13.7 Å². The third kappa shape index (κ3) is 2.21. The number of carbonyl (C=O) groups excluding carboxylic acids is 1. The van der Waals surface area contributed by atoms with Crippen LogP contribution >= 0.6 is 22.6 Å². The van der Waals surface area contributed by atoms with Gasteiger partial charge in [0.25, 0.3) is 0 Å². The highest BCUT2D eigenvalue weighted by Gasteiger charge is 2.32. The summed E-state index contributed by atoms with van der Waals surface area (Å²) in [6, 6.07) is 7.25. The van der Waals surface area contributed by atoms with Gasteiger partial charge in [0.1, 0.15) is 6.10 Å². The normalized spacial score (nSPS) is 24.4. The molecule has 0 N–H and O–H groups in total. The first-order valence-electron chi connectivity index (χ1n) is 4.83. The van der Waals surface area contributed by atoms with Gasteiger partial charge in [0, 0.05) is 0 Å². The number of alkyl halides is 1. The molecule has 0 spiro atoms. The maximum Gasteiger partial charge on any atom is 0.338 e. The predicted octanol–water partition coefficient (Wildman–Crippen LogP) is 2.28. The molecule has 1 fully saturated rings. The van der Waals surface area contributed by atoms with Crippen molar-refractivity contribution in [2.45, 2.75) is 10.0 Å². The van der Waals surface area contributed by atoms with E-state index >= 15 is 0 Å². The molecular weight excluding hydrogens is 323 g/mol. The average molecular weight is 334 g/mol.